The van der Waals surface area contributed by atoms with E-state index in [1.807, 2.05) is 6.08 Å². The molecule has 0 saturated heterocycles. The van der Waals surface area contributed by atoms with Crippen LogP contribution in [0.1, 0.15) is 39.5 Å². The van der Waals surface area contributed by atoms with Gasteiger partial charge in [0.2, 0.25) is 0 Å². The smallest absolute Gasteiger partial charge is 0.0807 e. The van der Waals surface area contributed by atoms with Crippen LogP contribution < -0.4 is 0 Å². The van der Waals surface area contributed by atoms with Gasteiger partial charge in [-0.05, 0) is 38.5 Å². The molecule has 0 aromatic rings. The van der Waals surface area contributed by atoms with Gasteiger partial charge in [0.05, 0.1) is 12.2 Å². The van der Waals surface area contributed by atoms with Crippen molar-refractivity contribution in [3.8, 4) is 0 Å². The molecule has 2 nitrogen and oxygen atoms in total. The van der Waals surface area contributed by atoms with Crippen molar-refractivity contribution in [2.45, 2.75) is 51.7 Å². The van der Waals surface area contributed by atoms with E-state index in [0.29, 0.717) is 5.92 Å². The summed E-state index contributed by atoms with van der Waals surface area (Å²) in [5.74, 6) is 0.442. The molecule has 2 aliphatic carbocycles. The van der Waals surface area contributed by atoms with Crippen molar-refractivity contribution >= 4 is 0 Å². The maximum absolute atomic E-state index is 10.1. The summed E-state index contributed by atoms with van der Waals surface area (Å²) >= 11 is 0. The van der Waals surface area contributed by atoms with Gasteiger partial charge in [-0.15, -0.1) is 0 Å². The number of aliphatic hydroxyl groups is 2. The molecule has 1 saturated carbocycles. The Bertz CT molecular complexity index is 247. The van der Waals surface area contributed by atoms with Crippen LogP contribution in [0, 0.1) is 11.3 Å². The fraction of sp³-hybridized carbons (Fsp3) is 0.833. The standard InChI is InChI=1S/C12H20O2/c1-8-5-6-12(11(14)7-8)9(2)3-4-10(12)13/h7,9-11,13-14H,3-6H2,1-2H3. The zero-order valence-electron chi connectivity index (χ0n) is 9.03. The minimum atomic E-state index is -0.441. The summed E-state index contributed by atoms with van der Waals surface area (Å²) in [6, 6.07) is 0. The second kappa shape index (κ2) is 3.35. The van der Waals surface area contributed by atoms with Crippen LogP contribution in [0.3, 0.4) is 0 Å². The summed E-state index contributed by atoms with van der Waals surface area (Å²) in [6.45, 7) is 4.22. The van der Waals surface area contributed by atoms with Crippen LogP contribution >= 0.6 is 0 Å². The third-order valence-electron chi connectivity index (χ3n) is 4.36. The van der Waals surface area contributed by atoms with Gasteiger partial charge in [0.15, 0.2) is 0 Å². The summed E-state index contributed by atoms with van der Waals surface area (Å²) in [4.78, 5) is 0. The lowest BCUT2D eigenvalue weighted by Crippen LogP contribution is -2.46. The number of hydrogen-bond acceptors (Lipinski definition) is 2. The molecular formula is C12H20O2. The van der Waals surface area contributed by atoms with Crippen molar-refractivity contribution in [2.75, 3.05) is 0 Å². The number of rotatable bonds is 0. The fourth-order valence-corrected chi connectivity index (χ4v) is 3.24. The third kappa shape index (κ3) is 1.24. The van der Waals surface area contributed by atoms with Crippen molar-refractivity contribution < 1.29 is 10.2 Å². The van der Waals surface area contributed by atoms with Crippen LogP contribution in [-0.4, -0.2) is 22.4 Å². The van der Waals surface area contributed by atoms with E-state index in [1.165, 1.54) is 5.57 Å². The van der Waals surface area contributed by atoms with Crippen LogP contribution in [0.2, 0.25) is 0 Å². The molecule has 2 rings (SSSR count). The van der Waals surface area contributed by atoms with E-state index in [4.69, 9.17) is 0 Å². The van der Waals surface area contributed by atoms with E-state index in [2.05, 4.69) is 13.8 Å². The van der Waals surface area contributed by atoms with Crippen molar-refractivity contribution in [2.24, 2.45) is 11.3 Å². The molecule has 1 spiro atoms. The molecule has 14 heavy (non-hydrogen) atoms. The van der Waals surface area contributed by atoms with Crippen molar-refractivity contribution in [1.82, 2.24) is 0 Å². The lowest BCUT2D eigenvalue weighted by molar-refractivity contribution is -0.0619. The van der Waals surface area contributed by atoms with Gasteiger partial charge in [0.25, 0.3) is 0 Å². The molecule has 0 heterocycles. The Balaban J connectivity index is 2.31. The van der Waals surface area contributed by atoms with Gasteiger partial charge in [0.1, 0.15) is 0 Å². The Morgan fingerprint density at radius 3 is 2.57 bits per heavy atom. The molecule has 0 amide bonds. The topological polar surface area (TPSA) is 40.5 Å². The highest BCUT2D eigenvalue weighted by Gasteiger charge is 2.52. The summed E-state index contributed by atoms with van der Waals surface area (Å²) in [5.41, 5.74) is 1.02. The second-order valence-corrected chi connectivity index (χ2v) is 5.06. The first-order chi connectivity index (χ1) is 6.57. The number of hydrogen-bond donors (Lipinski definition) is 2. The number of allylic oxidation sites excluding steroid dienone is 1. The minimum Gasteiger partial charge on any atom is -0.392 e. The van der Waals surface area contributed by atoms with Crippen molar-refractivity contribution in [3.05, 3.63) is 11.6 Å². The molecular weight excluding hydrogens is 176 g/mol. The van der Waals surface area contributed by atoms with Crippen LogP contribution in [0.25, 0.3) is 0 Å². The number of aliphatic hydroxyl groups excluding tert-OH is 2. The minimum absolute atomic E-state index is 0.237. The molecule has 4 unspecified atom stereocenters. The van der Waals surface area contributed by atoms with E-state index in [0.717, 1.165) is 25.7 Å². The molecule has 0 aromatic heterocycles. The van der Waals surface area contributed by atoms with Gasteiger partial charge in [0, 0.05) is 5.41 Å². The molecule has 0 radical (unpaired) electrons. The Kier molecular flexibility index (Phi) is 2.44. The van der Waals surface area contributed by atoms with Crippen LogP contribution in [0.5, 0.6) is 0 Å². The largest absolute Gasteiger partial charge is 0.392 e. The highest BCUT2D eigenvalue weighted by atomic mass is 16.3. The Hall–Kier alpha value is -0.340. The van der Waals surface area contributed by atoms with Gasteiger partial charge < -0.3 is 10.2 Å². The quantitative estimate of drug-likeness (QED) is 0.581. The first-order valence-electron chi connectivity index (χ1n) is 5.61. The van der Waals surface area contributed by atoms with E-state index in [9.17, 15) is 10.2 Å². The van der Waals surface area contributed by atoms with Crippen LogP contribution in [0.15, 0.2) is 11.6 Å². The van der Waals surface area contributed by atoms with Crippen LogP contribution in [0.4, 0.5) is 0 Å². The summed E-state index contributed by atoms with van der Waals surface area (Å²) in [5, 5.41) is 20.2. The maximum Gasteiger partial charge on any atom is 0.0807 e. The zero-order valence-corrected chi connectivity index (χ0v) is 9.03. The Labute approximate surface area is 85.6 Å². The predicted octanol–water partition coefficient (Wildman–Crippen LogP) is 1.86. The molecule has 2 aliphatic rings. The molecule has 0 bridgehead atoms. The first kappa shape index (κ1) is 10.2. The van der Waals surface area contributed by atoms with E-state index >= 15 is 0 Å². The van der Waals surface area contributed by atoms with E-state index in [-0.39, 0.29) is 11.5 Å². The van der Waals surface area contributed by atoms with Gasteiger partial charge in [-0.25, -0.2) is 0 Å². The van der Waals surface area contributed by atoms with E-state index < -0.39 is 6.10 Å². The lowest BCUT2D eigenvalue weighted by Gasteiger charge is -2.43. The molecule has 0 aliphatic heterocycles. The Morgan fingerprint density at radius 2 is 2.07 bits per heavy atom. The first-order valence-corrected chi connectivity index (χ1v) is 5.61. The average Bonchev–Trinajstić information content (AvgIpc) is 2.40. The predicted molar refractivity (Wildman–Crippen MR) is 55.8 cm³/mol. The summed E-state index contributed by atoms with van der Waals surface area (Å²) in [7, 11) is 0. The summed E-state index contributed by atoms with van der Waals surface area (Å²) < 4.78 is 0. The highest BCUT2D eigenvalue weighted by Crippen LogP contribution is 2.52. The van der Waals surface area contributed by atoms with Gasteiger partial charge in [-0.1, -0.05) is 18.6 Å². The molecule has 0 aromatic carbocycles. The zero-order chi connectivity index (χ0) is 10.3. The van der Waals surface area contributed by atoms with E-state index in [1.54, 1.807) is 0 Å². The highest BCUT2D eigenvalue weighted by molar-refractivity contribution is 5.17. The summed E-state index contributed by atoms with van der Waals surface area (Å²) in [6.07, 6.45) is 5.06. The SMILES string of the molecule is CC1=CC(O)C2(CC1)C(C)CCC2O. The third-order valence-corrected chi connectivity index (χ3v) is 4.36. The molecule has 2 heteroatoms. The molecule has 1 fully saturated rings. The second-order valence-electron chi connectivity index (χ2n) is 5.06. The van der Waals surface area contributed by atoms with Gasteiger partial charge >= 0.3 is 0 Å². The van der Waals surface area contributed by atoms with Crippen molar-refractivity contribution in [1.29, 1.82) is 0 Å². The maximum atomic E-state index is 10.1. The van der Waals surface area contributed by atoms with Crippen LogP contribution in [-0.2, 0) is 0 Å². The van der Waals surface area contributed by atoms with Crippen molar-refractivity contribution in [3.63, 3.8) is 0 Å². The molecule has 4 atom stereocenters. The molecule has 80 valence electrons. The fourth-order valence-electron chi connectivity index (χ4n) is 3.24. The monoisotopic (exact) mass is 196 g/mol. The Morgan fingerprint density at radius 1 is 1.36 bits per heavy atom. The van der Waals surface area contributed by atoms with Gasteiger partial charge in [-0.2, -0.15) is 0 Å². The lowest BCUT2D eigenvalue weighted by atomic mass is 9.66. The molecule has 2 N–H and O–H groups in total. The van der Waals surface area contributed by atoms with Gasteiger partial charge in [-0.3, -0.25) is 0 Å². The average molecular weight is 196 g/mol. The normalized spacial score (nSPS) is 48.3.